The van der Waals surface area contributed by atoms with Crippen molar-refractivity contribution in [1.82, 2.24) is 20.0 Å². The van der Waals surface area contributed by atoms with Crippen LogP contribution in [0, 0.1) is 0 Å². The van der Waals surface area contributed by atoms with Gasteiger partial charge in [-0.1, -0.05) is 12.1 Å². The molecular weight excluding hydrogens is 320 g/mol. The van der Waals surface area contributed by atoms with Gasteiger partial charge in [0, 0.05) is 32.9 Å². The molecule has 0 radical (unpaired) electrons. The SMILES string of the molecule is CN(C)c1ccc(C=Nn2[nH]nc(C(=O)N3CCCCC3)c2=O)cc1. The average molecular weight is 342 g/mol. The van der Waals surface area contributed by atoms with Crippen molar-refractivity contribution in [3.05, 3.63) is 45.9 Å². The summed E-state index contributed by atoms with van der Waals surface area (Å²) in [5, 5.41) is 10.4. The van der Waals surface area contributed by atoms with Crippen molar-refractivity contribution in [2.45, 2.75) is 19.3 Å². The first kappa shape index (κ1) is 16.9. The molecule has 8 nitrogen and oxygen atoms in total. The lowest BCUT2D eigenvalue weighted by Gasteiger charge is -2.25. The van der Waals surface area contributed by atoms with Crippen molar-refractivity contribution in [2.75, 3.05) is 32.1 Å². The lowest BCUT2D eigenvalue weighted by molar-refractivity contribution is 0.0717. The number of H-pyrrole nitrogens is 1. The van der Waals surface area contributed by atoms with Crippen LogP contribution in [0.1, 0.15) is 35.3 Å². The third-order valence-corrected chi connectivity index (χ3v) is 4.23. The highest BCUT2D eigenvalue weighted by Crippen LogP contribution is 2.11. The molecule has 0 saturated carbocycles. The number of amides is 1. The third kappa shape index (κ3) is 3.78. The highest BCUT2D eigenvalue weighted by atomic mass is 16.2. The lowest BCUT2D eigenvalue weighted by atomic mass is 10.1. The van der Waals surface area contributed by atoms with Gasteiger partial charge in [-0.25, -0.2) is 0 Å². The van der Waals surface area contributed by atoms with E-state index in [0.717, 1.165) is 35.3 Å². The lowest BCUT2D eigenvalue weighted by Crippen LogP contribution is -2.38. The van der Waals surface area contributed by atoms with E-state index in [1.54, 1.807) is 11.1 Å². The molecule has 132 valence electrons. The Morgan fingerprint density at radius 1 is 1.20 bits per heavy atom. The van der Waals surface area contributed by atoms with Gasteiger partial charge in [0.25, 0.3) is 5.91 Å². The first-order valence-corrected chi connectivity index (χ1v) is 8.35. The van der Waals surface area contributed by atoms with E-state index in [0.29, 0.717) is 13.1 Å². The van der Waals surface area contributed by atoms with E-state index in [9.17, 15) is 9.59 Å². The molecule has 0 aliphatic carbocycles. The van der Waals surface area contributed by atoms with Crippen LogP contribution in [0.15, 0.2) is 34.2 Å². The summed E-state index contributed by atoms with van der Waals surface area (Å²) in [7, 11) is 3.93. The Morgan fingerprint density at radius 3 is 2.52 bits per heavy atom. The second kappa shape index (κ2) is 7.33. The number of carbonyl (C=O) groups excluding carboxylic acids is 1. The Bertz CT molecular complexity index is 812. The molecule has 0 spiro atoms. The molecule has 0 unspecified atom stereocenters. The third-order valence-electron chi connectivity index (χ3n) is 4.23. The van der Waals surface area contributed by atoms with Crippen LogP contribution < -0.4 is 10.5 Å². The standard InChI is InChI=1S/C17H22N6O2/c1-21(2)14-8-6-13(7-9-14)12-18-23-17(25)15(19-20-23)16(24)22-10-4-3-5-11-22/h6-9,12,20H,3-5,10-11H2,1-2H3. The summed E-state index contributed by atoms with van der Waals surface area (Å²) in [6.07, 6.45) is 4.59. The zero-order valence-electron chi connectivity index (χ0n) is 14.5. The Hall–Kier alpha value is -2.90. The number of piperidine rings is 1. The molecule has 1 aliphatic heterocycles. The number of benzene rings is 1. The number of likely N-dealkylation sites (tertiary alicyclic amines) is 1. The molecule has 0 bridgehead atoms. The van der Waals surface area contributed by atoms with Crippen molar-refractivity contribution in [3.63, 3.8) is 0 Å². The van der Waals surface area contributed by atoms with Crippen LogP contribution in [-0.4, -0.2) is 59.3 Å². The van der Waals surface area contributed by atoms with E-state index in [1.807, 2.05) is 43.3 Å². The Kier molecular flexibility index (Phi) is 4.97. The van der Waals surface area contributed by atoms with Gasteiger partial charge in [-0.2, -0.15) is 10.3 Å². The predicted molar refractivity (Wildman–Crippen MR) is 96.4 cm³/mol. The van der Waals surface area contributed by atoms with Gasteiger partial charge >= 0.3 is 5.56 Å². The second-order valence-electron chi connectivity index (χ2n) is 6.26. The van der Waals surface area contributed by atoms with Gasteiger partial charge in [-0.3, -0.25) is 9.59 Å². The predicted octanol–water partition coefficient (Wildman–Crippen LogP) is 1.15. The largest absolute Gasteiger partial charge is 0.378 e. The number of nitrogens with zero attached hydrogens (tertiary/aromatic N) is 5. The Labute approximate surface area is 145 Å². The average Bonchev–Trinajstić information content (AvgIpc) is 3.01. The van der Waals surface area contributed by atoms with Crippen LogP contribution in [0.5, 0.6) is 0 Å². The van der Waals surface area contributed by atoms with Crippen LogP contribution in [0.4, 0.5) is 5.69 Å². The fourth-order valence-corrected chi connectivity index (χ4v) is 2.74. The summed E-state index contributed by atoms with van der Waals surface area (Å²) in [5.74, 6) is -0.328. The molecule has 1 fully saturated rings. The molecule has 1 aliphatic rings. The minimum Gasteiger partial charge on any atom is -0.378 e. The van der Waals surface area contributed by atoms with Gasteiger partial charge in [0.1, 0.15) is 0 Å². The molecule has 8 heteroatoms. The maximum atomic E-state index is 12.4. The maximum absolute atomic E-state index is 12.4. The monoisotopic (exact) mass is 342 g/mol. The molecule has 1 saturated heterocycles. The summed E-state index contributed by atoms with van der Waals surface area (Å²) in [4.78, 5) is 29.4. The number of hydrogen-bond acceptors (Lipinski definition) is 5. The van der Waals surface area contributed by atoms with E-state index in [-0.39, 0.29) is 11.6 Å². The molecule has 1 N–H and O–H groups in total. The van der Waals surface area contributed by atoms with E-state index in [2.05, 4.69) is 15.4 Å². The molecule has 2 aromatic rings. The molecular formula is C17H22N6O2. The number of aromatic nitrogens is 3. The van der Waals surface area contributed by atoms with E-state index in [1.165, 1.54) is 0 Å². The van der Waals surface area contributed by atoms with Gasteiger partial charge in [0.2, 0.25) is 5.69 Å². The van der Waals surface area contributed by atoms with Crippen LogP contribution in [0.25, 0.3) is 0 Å². The van der Waals surface area contributed by atoms with Crippen molar-refractivity contribution in [3.8, 4) is 0 Å². The Morgan fingerprint density at radius 2 is 1.88 bits per heavy atom. The summed E-state index contributed by atoms with van der Waals surface area (Å²) in [6, 6.07) is 7.73. The highest BCUT2D eigenvalue weighted by molar-refractivity contribution is 5.92. The van der Waals surface area contributed by atoms with E-state index >= 15 is 0 Å². The molecule has 2 heterocycles. The number of rotatable bonds is 4. The molecule has 1 amide bonds. The zero-order valence-corrected chi connectivity index (χ0v) is 14.5. The fraction of sp³-hybridized carbons (Fsp3) is 0.412. The van der Waals surface area contributed by atoms with Crippen molar-refractivity contribution < 1.29 is 4.79 Å². The van der Waals surface area contributed by atoms with Gasteiger partial charge in [-0.15, -0.1) is 9.89 Å². The van der Waals surface area contributed by atoms with Crippen molar-refractivity contribution in [2.24, 2.45) is 5.10 Å². The maximum Gasteiger partial charge on any atom is 0.320 e. The number of anilines is 1. The normalized spacial score (nSPS) is 14.9. The minimum atomic E-state index is -0.531. The summed E-state index contributed by atoms with van der Waals surface area (Å²) < 4.78 is 0. The summed E-state index contributed by atoms with van der Waals surface area (Å²) in [5.41, 5.74) is 1.28. The zero-order chi connectivity index (χ0) is 17.8. The van der Waals surface area contributed by atoms with Crippen molar-refractivity contribution in [1.29, 1.82) is 0 Å². The van der Waals surface area contributed by atoms with Crippen LogP contribution in [0.3, 0.4) is 0 Å². The highest BCUT2D eigenvalue weighted by Gasteiger charge is 2.24. The second-order valence-corrected chi connectivity index (χ2v) is 6.26. The smallest absolute Gasteiger partial charge is 0.320 e. The number of aromatic amines is 1. The quantitative estimate of drug-likeness (QED) is 0.845. The molecule has 25 heavy (non-hydrogen) atoms. The minimum absolute atomic E-state index is 0.109. The first-order valence-electron chi connectivity index (χ1n) is 8.35. The van der Waals surface area contributed by atoms with Gasteiger partial charge in [0.15, 0.2) is 0 Å². The molecule has 1 aromatic heterocycles. The number of nitrogens with one attached hydrogen (secondary N) is 1. The summed E-state index contributed by atoms with van der Waals surface area (Å²) in [6.45, 7) is 1.35. The summed E-state index contributed by atoms with van der Waals surface area (Å²) >= 11 is 0. The van der Waals surface area contributed by atoms with E-state index < -0.39 is 5.56 Å². The van der Waals surface area contributed by atoms with Crippen LogP contribution in [-0.2, 0) is 0 Å². The van der Waals surface area contributed by atoms with Gasteiger partial charge in [0.05, 0.1) is 6.21 Å². The van der Waals surface area contributed by atoms with Crippen molar-refractivity contribution >= 4 is 17.8 Å². The van der Waals surface area contributed by atoms with Crippen LogP contribution >= 0.6 is 0 Å². The Balaban J connectivity index is 1.74. The molecule has 1 aromatic carbocycles. The number of hydrogen-bond donors (Lipinski definition) is 1. The topological polar surface area (TPSA) is 86.6 Å². The van der Waals surface area contributed by atoms with Gasteiger partial charge < -0.3 is 9.80 Å². The first-order chi connectivity index (χ1) is 12.1. The fourth-order valence-electron chi connectivity index (χ4n) is 2.74. The van der Waals surface area contributed by atoms with E-state index in [4.69, 9.17) is 0 Å². The molecule has 3 rings (SSSR count). The molecule has 0 atom stereocenters. The van der Waals surface area contributed by atoms with Crippen LogP contribution in [0.2, 0.25) is 0 Å². The van der Waals surface area contributed by atoms with Gasteiger partial charge in [-0.05, 0) is 37.0 Å². The number of carbonyl (C=O) groups is 1.